The zero-order valence-corrected chi connectivity index (χ0v) is 16.1. The Morgan fingerprint density at radius 1 is 1.10 bits per heavy atom. The van der Waals surface area contributed by atoms with Gasteiger partial charge in [-0.05, 0) is 30.3 Å². The van der Waals surface area contributed by atoms with Gasteiger partial charge in [-0.15, -0.1) is 0 Å². The predicted molar refractivity (Wildman–Crippen MR) is 107 cm³/mol. The van der Waals surface area contributed by atoms with E-state index in [4.69, 9.17) is 9.47 Å². The third-order valence-corrected chi connectivity index (χ3v) is 4.45. The third-order valence-electron chi connectivity index (χ3n) is 4.45. The molecule has 0 saturated carbocycles. The highest BCUT2D eigenvalue weighted by Crippen LogP contribution is 2.32. The molecule has 0 aliphatic heterocycles. The van der Waals surface area contributed by atoms with E-state index >= 15 is 0 Å². The first kappa shape index (κ1) is 19.8. The summed E-state index contributed by atoms with van der Waals surface area (Å²) in [6, 6.07) is 13.1. The van der Waals surface area contributed by atoms with Crippen LogP contribution in [0.2, 0.25) is 0 Å². The van der Waals surface area contributed by atoms with Gasteiger partial charge in [0.1, 0.15) is 17.1 Å². The summed E-state index contributed by atoms with van der Waals surface area (Å²) in [6.07, 6.45) is 4.58. The summed E-state index contributed by atoms with van der Waals surface area (Å²) in [5.41, 5.74) is -0.109. The Labute approximate surface area is 175 Å². The first-order chi connectivity index (χ1) is 15.0. The number of benzene rings is 2. The van der Waals surface area contributed by atoms with Crippen molar-refractivity contribution in [1.29, 1.82) is 0 Å². The number of ether oxygens (including phenoxy) is 2. The van der Waals surface area contributed by atoms with Crippen LogP contribution in [0.1, 0.15) is 10.4 Å². The molecule has 0 fully saturated rings. The molecule has 0 bridgehead atoms. The van der Waals surface area contributed by atoms with Crippen LogP contribution in [0.4, 0.5) is 10.1 Å². The van der Waals surface area contributed by atoms with Gasteiger partial charge in [0.15, 0.2) is 17.3 Å². The Hall–Kier alpha value is -4.47. The van der Waals surface area contributed by atoms with Crippen molar-refractivity contribution >= 4 is 11.7 Å². The average molecular weight is 422 g/mol. The molecular weight excluding hydrogens is 407 g/mol. The number of para-hydroxylation sites is 1. The molecule has 0 spiro atoms. The lowest BCUT2D eigenvalue weighted by atomic mass is 10.2. The van der Waals surface area contributed by atoms with Gasteiger partial charge >= 0.3 is 5.97 Å². The first-order valence-corrected chi connectivity index (χ1v) is 9.00. The maximum atomic E-state index is 14.4. The zero-order valence-electron chi connectivity index (χ0n) is 16.1. The molecule has 0 aliphatic rings. The van der Waals surface area contributed by atoms with E-state index in [0.29, 0.717) is 0 Å². The summed E-state index contributed by atoms with van der Waals surface area (Å²) in [6.45, 7) is 0. The fourth-order valence-electron chi connectivity index (χ4n) is 3.02. The van der Waals surface area contributed by atoms with Crippen LogP contribution in [-0.4, -0.2) is 32.3 Å². The number of nitro groups is 1. The van der Waals surface area contributed by atoms with Crippen molar-refractivity contribution in [3.63, 3.8) is 0 Å². The molecule has 4 rings (SSSR count). The standard InChI is InChI=1S/C21H15FN4O5/c1-30-18-9-8-14(26(28)29)12-19(18)31-21(27)15-13-23-25(17-7-3-2-6-16(17)22)20(15)24-10-4-5-11-24/h2-13H,1H3. The van der Waals surface area contributed by atoms with Gasteiger partial charge in [0.05, 0.1) is 24.3 Å². The van der Waals surface area contributed by atoms with Crippen LogP contribution in [0, 0.1) is 15.9 Å². The van der Waals surface area contributed by atoms with Gasteiger partial charge in [-0.1, -0.05) is 12.1 Å². The van der Waals surface area contributed by atoms with Crippen LogP contribution in [-0.2, 0) is 0 Å². The molecule has 2 aromatic carbocycles. The molecular formula is C21H15FN4O5. The molecule has 9 nitrogen and oxygen atoms in total. The van der Waals surface area contributed by atoms with E-state index in [1.807, 2.05) is 0 Å². The van der Waals surface area contributed by atoms with E-state index in [9.17, 15) is 19.3 Å². The monoisotopic (exact) mass is 422 g/mol. The highest BCUT2D eigenvalue weighted by molar-refractivity contribution is 5.94. The van der Waals surface area contributed by atoms with E-state index in [2.05, 4.69) is 5.10 Å². The average Bonchev–Trinajstić information content (AvgIpc) is 3.43. The maximum Gasteiger partial charge on any atom is 0.349 e. The van der Waals surface area contributed by atoms with Gasteiger partial charge in [-0.2, -0.15) is 5.10 Å². The summed E-state index contributed by atoms with van der Waals surface area (Å²) in [7, 11) is 1.35. The number of esters is 1. The van der Waals surface area contributed by atoms with Crippen LogP contribution in [0.5, 0.6) is 11.5 Å². The number of hydrogen-bond acceptors (Lipinski definition) is 6. The molecule has 0 radical (unpaired) electrons. The second-order valence-electron chi connectivity index (χ2n) is 6.32. The molecule has 10 heteroatoms. The van der Waals surface area contributed by atoms with Gasteiger partial charge in [0.2, 0.25) is 0 Å². The minimum Gasteiger partial charge on any atom is -0.493 e. The van der Waals surface area contributed by atoms with Gasteiger partial charge in [0, 0.05) is 18.5 Å². The highest BCUT2D eigenvalue weighted by atomic mass is 19.1. The lowest BCUT2D eigenvalue weighted by Crippen LogP contribution is -2.14. The quantitative estimate of drug-likeness (QED) is 0.202. The number of nitro benzene ring substituents is 1. The van der Waals surface area contributed by atoms with Crippen molar-refractivity contribution < 1.29 is 23.6 Å². The number of methoxy groups -OCH3 is 1. The number of nitrogens with zero attached hydrogens (tertiary/aromatic N) is 4. The number of carbonyl (C=O) groups is 1. The molecule has 0 aliphatic carbocycles. The number of aromatic nitrogens is 3. The van der Waals surface area contributed by atoms with Gasteiger partial charge < -0.3 is 14.0 Å². The van der Waals surface area contributed by atoms with Crippen LogP contribution >= 0.6 is 0 Å². The fourth-order valence-corrected chi connectivity index (χ4v) is 3.02. The lowest BCUT2D eigenvalue weighted by molar-refractivity contribution is -0.384. The maximum absolute atomic E-state index is 14.4. The predicted octanol–water partition coefficient (Wildman–Crippen LogP) is 3.94. The van der Waals surface area contributed by atoms with E-state index in [-0.39, 0.29) is 34.3 Å². The number of hydrogen-bond donors (Lipinski definition) is 0. The molecule has 2 heterocycles. The van der Waals surface area contributed by atoms with Crippen LogP contribution in [0.25, 0.3) is 11.5 Å². The molecule has 0 saturated heterocycles. The molecule has 2 aromatic heterocycles. The largest absolute Gasteiger partial charge is 0.493 e. The number of non-ortho nitro benzene ring substituents is 1. The number of rotatable bonds is 6. The summed E-state index contributed by atoms with van der Waals surface area (Å²) in [5.74, 6) is -1.12. The second-order valence-corrected chi connectivity index (χ2v) is 6.32. The fraction of sp³-hybridized carbons (Fsp3) is 0.0476. The Morgan fingerprint density at radius 2 is 1.84 bits per heavy atom. The minimum absolute atomic E-state index is 0.0213. The zero-order chi connectivity index (χ0) is 22.0. The van der Waals surface area contributed by atoms with Crippen molar-refractivity contribution in [2.24, 2.45) is 0 Å². The topological polar surface area (TPSA) is 101 Å². The molecule has 0 atom stereocenters. The van der Waals surface area contributed by atoms with Crippen molar-refractivity contribution in [1.82, 2.24) is 14.3 Å². The van der Waals surface area contributed by atoms with Crippen LogP contribution < -0.4 is 9.47 Å². The minimum atomic E-state index is -0.843. The van der Waals surface area contributed by atoms with Gasteiger partial charge in [0.25, 0.3) is 5.69 Å². The van der Waals surface area contributed by atoms with E-state index in [1.165, 1.54) is 42.3 Å². The Morgan fingerprint density at radius 3 is 2.52 bits per heavy atom. The van der Waals surface area contributed by atoms with Crippen molar-refractivity contribution in [2.75, 3.05) is 7.11 Å². The van der Waals surface area contributed by atoms with Crippen molar-refractivity contribution in [3.05, 3.63) is 94.7 Å². The van der Waals surface area contributed by atoms with Gasteiger partial charge in [-0.3, -0.25) is 10.1 Å². The van der Waals surface area contributed by atoms with Crippen molar-refractivity contribution in [3.8, 4) is 23.0 Å². The molecule has 0 amide bonds. The van der Waals surface area contributed by atoms with E-state index in [1.54, 1.807) is 41.2 Å². The molecule has 31 heavy (non-hydrogen) atoms. The molecule has 0 N–H and O–H groups in total. The Bertz CT molecular complexity index is 1270. The summed E-state index contributed by atoms with van der Waals surface area (Å²) in [5, 5.41) is 15.3. The van der Waals surface area contributed by atoms with E-state index in [0.717, 1.165) is 6.07 Å². The smallest absolute Gasteiger partial charge is 0.349 e. The normalized spacial score (nSPS) is 10.6. The lowest BCUT2D eigenvalue weighted by Gasteiger charge is -2.12. The second kappa shape index (κ2) is 8.11. The highest BCUT2D eigenvalue weighted by Gasteiger charge is 2.24. The first-order valence-electron chi connectivity index (χ1n) is 9.00. The Kier molecular flexibility index (Phi) is 5.19. The molecule has 156 valence electrons. The Balaban J connectivity index is 1.79. The molecule has 4 aromatic rings. The number of carbonyl (C=O) groups excluding carboxylic acids is 1. The summed E-state index contributed by atoms with van der Waals surface area (Å²) < 4.78 is 27.8. The summed E-state index contributed by atoms with van der Waals surface area (Å²) >= 11 is 0. The molecule has 0 unspecified atom stereocenters. The SMILES string of the molecule is COc1ccc([N+](=O)[O-])cc1OC(=O)c1cnn(-c2ccccc2F)c1-n1cccc1. The third kappa shape index (κ3) is 3.73. The van der Waals surface area contributed by atoms with Crippen molar-refractivity contribution in [2.45, 2.75) is 0 Å². The number of halogens is 1. The van der Waals surface area contributed by atoms with E-state index < -0.39 is 16.7 Å². The van der Waals surface area contributed by atoms with Gasteiger partial charge in [-0.25, -0.2) is 13.9 Å². The summed E-state index contributed by atoms with van der Waals surface area (Å²) in [4.78, 5) is 23.5. The van der Waals surface area contributed by atoms with Crippen LogP contribution in [0.15, 0.2) is 73.2 Å². The van der Waals surface area contributed by atoms with Crippen LogP contribution in [0.3, 0.4) is 0 Å².